The Labute approximate surface area is 142 Å². The summed E-state index contributed by atoms with van der Waals surface area (Å²) < 4.78 is 28.3. The second-order valence-corrected chi connectivity index (χ2v) is 6.22. The summed E-state index contributed by atoms with van der Waals surface area (Å²) in [5.74, 6) is -2.57. The van der Waals surface area contributed by atoms with Crippen molar-refractivity contribution in [3.05, 3.63) is 79.2 Å². The molecule has 2 aromatic carbocycles. The van der Waals surface area contributed by atoms with Gasteiger partial charge in [-0.15, -0.1) is 0 Å². The lowest BCUT2D eigenvalue weighted by Gasteiger charge is -2.05. The summed E-state index contributed by atoms with van der Waals surface area (Å²) in [5, 5.41) is 10.9. The fourth-order valence-electron chi connectivity index (χ4n) is 2.68. The second kappa shape index (κ2) is 5.45. The van der Waals surface area contributed by atoms with Crippen LogP contribution in [0.15, 0.2) is 52.3 Å². The highest BCUT2D eigenvalue weighted by molar-refractivity contribution is 7.11. The number of rotatable bonds is 2. The van der Waals surface area contributed by atoms with E-state index in [9.17, 15) is 23.5 Å². The van der Waals surface area contributed by atoms with Gasteiger partial charge in [-0.2, -0.15) is 0 Å². The van der Waals surface area contributed by atoms with Gasteiger partial charge < -0.3 is 5.11 Å². The van der Waals surface area contributed by atoms with Crippen molar-refractivity contribution >= 4 is 22.8 Å². The Hall–Kier alpha value is -3.13. The topological polar surface area (TPSA) is 71.7 Å². The van der Waals surface area contributed by atoms with Crippen LogP contribution < -0.4 is 15.4 Å². The van der Waals surface area contributed by atoms with Crippen LogP contribution in [-0.4, -0.2) is 15.6 Å². The number of benzene rings is 2. The summed E-state index contributed by atoms with van der Waals surface area (Å²) in [4.78, 5) is 27.5. The smallest absolute Gasteiger partial charge is 0.315 e. The molecule has 0 aliphatic carbocycles. The third-order valence-corrected chi connectivity index (χ3v) is 4.72. The highest BCUT2D eigenvalue weighted by Crippen LogP contribution is 2.30. The Morgan fingerprint density at radius 1 is 1.08 bits per heavy atom. The molecule has 0 radical (unpaired) electrons. The van der Waals surface area contributed by atoms with Crippen LogP contribution >= 0.6 is 11.3 Å². The molecule has 1 aromatic heterocycles. The minimum atomic E-state index is -0.705. The van der Waals surface area contributed by atoms with Crippen LogP contribution in [0.25, 0.3) is 11.3 Å². The Balaban J connectivity index is 2.04. The van der Waals surface area contributed by atoms with Gasteiger partial charge in [0.25, 0.3) is 5.91 Å². The quantitative estimate of drug-likeness (QED) is 0.749. The van der Waals surface area contributed by atoms with Gasteiger partial charge in [-0.05, 0) is 30.3 Å². The Kier molecular flexibility index (Phi) is 3.36. The highest BCUT2D eigenvalue weighted by Gasteiger charge is 2.27. The molecule has 0 unspecified atom stereocenters. The van der Waals surface area contributed by atoms with Crippen LogP contribution in [-0.2, 0) is 4.79 Å². The van der Waals surface area contributed by atoms with E-state index >= 15 is 0 Å². The number of nitrogens with zero attached hydrogens (tertiary/aromatic N) is 2. The number of hydrogen-bond acceptors (Lipinski definition) is 4. The monoisotopic (exact) mass is 358 g/mol. The van der Waals surface area contributed by atoms with Crippen molar-refractivity contribution in [2.75, 3.05) is 0 Å². The van der Waals surface area contributed by atoms with Gasteiger partial charge in [0.15, 0.2) is 0 Å². The molecular weight excluding hydrogens is 350 g/mol. The fourth-order valence-corrected chi connectivity index (χ4v) is 3.61. The van der Waals surface area contributed by atoms with E-state index in [-0.39, 0.29) is 26.7 Å². The third kappa shape index (κ3) is 2.30. The summed E-state index contributed by atoms with van der Waals surface area (Å²) in [6, 6.07) is 9.03. The van der Waals surface area contributed by atoms with E-state index in [0.29, 0.717) is 11.3 Å². The number of carbonyl (C=O) groups excluding carboxylic acids is 1. The Morgan fingerprint density at radius 2 is 1.84 bits per heavy atom. The van der Waals surface area contributed by atoms with Crippen LogP contribution in [0.2, 0.25) is 0 Å². The molecule has 0 spiro atoms. The zero-order valence-electron chi connectivity index (χ0n) is 12.4. The number of carbonyl (C=O) groups is 1. The fraction of sp³-hybridized carbons (Fsp3) is 0. The first-order valence-corrected chi connectivity index (χ1v) is 7.92. The number of aromatic nitrogens is 1. The number of para-hydroxylation sites is 1. The molecule has 0 fully saturated rings. The average Bonchev–Trinajstić information content (AvgIpc) is 3.03. The van der Waals surface area contributed by atoms with Crippen molar-refractivity contribution < 1.29 is 18.7 Å². The first-order chi connectivity index (χ1) is 12.0. The molecule has 4 rings (SSSR count). The average molecular weight is 358 g/mol. The zero-order chi connectivity index (χ0) is 17.7. The number of hydrogen-bond donors (Lipinski definition) is 1. The molecule has 25 heavy (non-hydrogen) atoms. The molecule has 1 N–H and O–H groups in total. The molecule has 0 bridgehead atoms. The summed E-state index contributed by atoms with van der Waals surface area (Å²) in [6.07, 6.45) is 0. The van der Waals surface area contributed by atoms with Crippen molar-refractivity contribution in [2.24, 2.45) is 4.99 Å². The lowest BCUT2D eigenvalue weighted by molar-refractivity contribution is -0.112. The summed E-state index contributed by atoms with van der Waals surface area (Å²) in [5.41, 5.74) is -0.223. The van der Waals surface area contributed by atoms with Gasteiger partial charge in [-0.25, -0.2) is 18.3 Å². The van der Waals surface area contributed by atoms with Crippen LogP contribution in [0.5, 0.6) is 5.88 Å². The van der Waals surface area contributed by atoms with Crippen LogP contribution in [0.1, 0.15) is 4.88 Å². The van der Waals surface area contributed by atoms with E-state index in [2.05, 4.69) is 4.99 Å². The summed E-state index contributed by atoms with van der Waals surface area (Å²) in [7, 11) is 0. The van der Waals surface area contributed by atoms with Gasteiger partial charge in [0.2, 0.25) is 5.88 Å². The zero-order valence-corrected chi connectivity index (χ0v) is 13.2. The maximum Gasteiger partial charge on any atom is 0.315 e. The predicted octanol–water partition coefficient (Wildman–Crippen LogP) is 1.24. The molecule has 3 aromatic rings. The summed E-state index contributed by atoms with van der Waals surface area (Å²) >= 11 is 0.565. The van der Waals surface area contributed by atoms with Gasteiger partial charge in [0.1, 0.15) is 16.5 Å². The lowest BCUT2D eigenvalue weighted by Crippen LogP contribution is -2.23. The molecule has 5 nitrogen and oxygen atoms in total. The van der Waals surface area contributed by atoms with Crippen molar-refractivity contribution in [3.63, 3.8) is 0 Å². The van der Waals surface area contributed by atoms with E-state index in [1.54, 1.807) is 0 Å². The number of amides is 1. The molecule has 0 saturated carbocycles. The normalized spacial score (nSPS) is 13.0. The number of halogens is 2. The molecule has 8 heteroatoms. The molecule has 1 aliphatic rings. The minimum Gasteiger partial charge on any atom is -0.493 e. The van der Waals surface area contributed by atoms with Gasteiger partial charge in [-0.3, -0.25) is 9.59 Å². The van der Waals surface area contributed by atoms with Crippen LogP contribution in [0, 0.1) is 11.6 Å². The molecular formula is C17H8F2N2O3S. The largest absolute Gasteiger partial charge is 0.493 e. The van der Waals surface area contributed by atoms with E-state index in [1.165, 1.54) is 24.3 Å². The van der Waals surface area contributed by atoms with Crippen LogP contribution in [0.3, 0.4) is 0 Å². The molecule has 0 atom stereocenters. The van der Waals surface area contributed by atoms with E-state index in [1.807, 2.05) is 0 Å². The van der Waals surface area contributed by atoms with E-state index in [0.717, 1.165) is 22.8 Å². The Bertz CT molecular complexity index is 1230. The molecule has 0 saturated heterocycles. The van der Waals surface area contributed by atoms with Crippen molar-refractivity contribution in [2.45, 2.75) is 0 Å². The molecule has 1 aliphatic heterocycles. The highest BCUT2D eigenvalue weighted by atomic mass is 32.1. The number of thiazole rings is 1. The molecule has 1 amide bonds. The van der Waals surface area contributed by atoms with E-state index in [4.69, 9.17) is 0 Å². The third-order valence-electron chi connectivity index (χ3n) is 3.77. The first kappa shape index (κ1) is 15.4. The van der Waals surface area contributed by atoms with Gasteiger partial charge in [0.05, 0.1) is 16.6 Å². The van der Waals surface area contributed by atoms with Crippen molar-refractivity contribution in [1.82, 2.24) is 4.57 Å². The van der Waals surface area contributed by atoms with Gasteiger partial charge in [0, 0.05) is 5.22 Å². The van der Waals surface area contributed by atoms with Crippen molar-refractivity contribution in [3.8, 4) is 11.6 Å². The summed E-state index contributed by atoms with van der Waals surface area (Å²) in [6.45, 7) is 0. The van der Waals surface area contributed by atoms with Gasteiger partial charge in [-0.1, -0.05) is 23.5 Å². The first-order valence-electron chi connectivity index (χ1n) is 7.10. The second-order valence-electron chi connectivity index (χ2n) is 5.26. The maximum absolute atomic E-state index is 14.0. The van der Waals surface area contributed by atoms with E-state index < -0.39 is 28.3 Å². The predicted molar refractivity (Wildman–Crippen MR) is 86.2 cm³/mol. The standard InChI is InChI=1S/C17H8F2N2O3S/c18-8-5-6-11-9(7-8)13(15(22)20-11)14-16(23)21(17(24)25-14)12-4-2-1-3-10(12)19/h1-7,23H. The lowest BCUT2D eigenvalue weighted by atomic mass is 10.1. The van der Waals surface area contributed by atoms with Gasteiger partial charge >= 0.3 is 4.87 Å². The Morgan fingerprint density at radius 3 is 2.60 bits per heavy atom. The van der Waals surface area contributed by atoms with Crippen molar-refractivity contribution in [1.29, 1.82) is 0 Å². The maximum atomic E-state index is 14.0. The number of aromatic hydroxyl groups is 1. The SMILES string of the molecule is O=C1N=c2ccc(F)cc2=C1c1sc(=O)n(-c2ccccc2F)c1O. The molecule has 124 valence electrons. The number of fused-ring (bicyclic) bond motifs is 1. The minimum absolute atomic E-state index is 0.0775. The molecule has 2 heterocycles. The van der Waals surface area contributed by atoms with Crippen LogP contribution in [0.4, 0.5) is 8.78 Å².